The molecule has 120 valence electrons. The highest BCUT2D eigenvalue weighted by Gasteiger charge is 2.16. The maximum atomic E-state index is 6.16. The van der Waals surface area contributed by atoms with Crippen LogP contribution in [-0.4, -0.2) is 19.1 Å². The standard InChI is InChI=1S/C18H15ClN4S/c19-16-7-6-15(24-16)18-17(14-4-2-1-3-5-14)21-13-23(18)11-10-22-9-8-20-12-22/h1-9,12-13H,10-11H2. The summed E-state index contributed by atoms with van der Waals surface area (Å²) < 4.78 is 5.03. The Hall–Kier alpha value is -2.37. The molecule has 4 rings (SSSR count). The first-order valence-electron chi connectivity index (χ1n) is 7.63. The van der Waals surface area contributed by atoms with E-state index in [-0.39, 0.29) is 0 Å². The molecule has 0 fully saturated rings. The number of hydrogen-bond acceptors (Lipinski definition) is 3. The Morgan fingerprint density at radius 1 is 1.00 bits per heavy atom. The van der Waals surface area contributed by atoms with Crippen LogP contribution in [0.25, 0.3) is 21.8 Å². The van der Waals surface area contributed by atoms with Crippen molar-refractivity contribution in [1.29, 1.82) is 0 Å². The average Bonchev–Trinajstić information content (AvgIpc) is 3.34. The van der Waals surface area contributed by atoms with E-state index in [1.54, 1.807) is 17.5 Å². The molecule has 0 spiro atoms. The number of rotatable bonds is 5. The second kappa shape index (κ2) is 6.63. The largest absolute Gasteiger partial charge is 0.336 e. The Morgan fingerprint density at radius 3 is 2.58 bits per heavy atom. The third kappa shape index (κ3) is 3.00. The van der Waals surface area contributed by atoms with E-state index >= 15 is 0 Å². The maximum absolute atomic E-state index is 6.16. The minimum atomic E-state index is 0.784. The monoisotopic (exact) mass is 354 g/mol. The first-order valence-corrected chi connectivity index (χ1v) is 8.83. The van der Waals surface area contributed by atoms with E-state index in [9.17, 15) is 0 Å². The summed E-state index contributed by atoms with van der Waals surface area (Å²) in [5.74, 6) is 0. The second-order valence-electron chi connectivity index (χ2n) is 5.41. The quantitative estimate of drug-likeness (QED) is 0.514. The lowest BCUT2D eigenvalue weighted by Gasteiger charge is -2.09. The number of hydrogen-bond donors (Lipinski definition) is 0. The molecule has 24 heavy (non-hydrogen) atoms. The highest BCUT2D eigenvalue weighted by Crippen LogP contribution is 2.37. The van der Waals surface area contributed by atoms with E-state index in [2.05, 4.69) is 37.3 Å². The van der Waals surface area contributed by atoms with Gasteiger partial charge >= 0.3 is 0 Å². The smallest absolute Gasteiger partial charge is 0.0971 e. The van der Waals surface area contributed by atoms with Crippen LogP contribution in [0.2, 0.25) is 4.34 Å². The molecule has 0 aliphatic rings. The number of nitrogens with zero attached hydrogens (tertiary/aromatic N) is 4. The predicted molar refractivity (Wildman–Crippen MR) is 98.2 cm³/mol. The van der Waals surface area contributed by atoms with Gasteiger partial charge < -0.3 is 9.13 Å². The van der Waals surface area contributed by atoms with E-state index in [1.165, 1.54) is 0 Å². The molecule has 4 nitrogen and oxygen atoms in total. The van der Waals surface area contributed by atoms with Gasteiger partial charge in [0.2, 0.25) is 0 Å². The van der Waals surface area contributed by atoms with Crippen LogP contribution in [0.5, 0.6) is 0 Å². The molecule has 1 aromatic carbocycles. The first-order chi connectivity index (χ1) is 11.8. The molecule has 3 heterocycles. The van der Waals surface area contributed by atoms with Crippen LogP contribution < -0.4 is 0 Å². The van der Waals surface area contributed by atoms with Crippen LogP contribution in [0.3, 0.4) is 0 Å². The summed E-state index contributed by atoms with van der Waals surface area (Å²) in [5, 5.41) is 0. The SMILES string of the molecule is Clc1ccc(-c2c(-c3ccccc3)ncn2CCn2ccnc2)s1. The molecule has 3 aromatic heterocycles. The zero-order valence-corrected chi connectivity index (χ0v) is 14.4. The van der Waals surface area contributed by atoms with Gasteiger partial charge in [0.25, 0.3) is 0 Å². The van der Waals surface area contributed by atoms with Crippen molar-refractivity contribution in [3.8, 4) is 21.8 Å². The fraction of sp³-hybridized carbons (Fsp3) is 0.111. The Balaban J connectivity index is 1.75. The molecule has 4 aromatic rings. The van der Waals surface area contributed by atoms with Gasteiger partial charge in [-0.15, -0.1) is 11.3 Å². The number of aryl methyl sites for hydroxylation is 2. The summed E-state index contributed by atoms with van der Waals surface area (Å²) in [6.45, 7) is 1.66. The Bertz CT molecular complexity index is 925. The molecular weight excluding hydrogens is 340 g/mol. The summed E-state index contributed by atoms with van der Waals surface area (Å²) in [7, 11) is 0. The number of benzene rings is 1. The van der Waals surface area contributed by atoms with Crippen molar-refractivity contribution in [2.45, 2.75) is 13.1 Å². The van der Waals surface area contributed by atoms with Gasteiger partial charge in [-0.2, -0.15) is 0 Å². The third-order valence-electron chi connectivity index (χ3n) is 3.85. The van der Waals surface area contributed by atoms with Crippen molar-refractivity contribution in [2.75, 3.05) is 0 Å². The zero-order chi connectivity index (χ0) is 16.4. The van der Waals surface area contributed by atoms with Gasteiger partial charge in [0.05, 0.1) is 33.3 Å². The molecule has 0 atom stereocenters. The molecule has 0 saturated heterocycles. The minimum Gasteiger partial charge on any atom is -0.336 e. The van der Waals surface area contributed by atoms with E-state index in [1.807, 2.05) is 43.1 Å². The highest BCUT2D eigenvalue weighted by atomic mass is 35.5. The van der Waals surface area contributed by atoms with Crippen molar-refractivity contribution >= 4 is 22.9 Å². The van der Waals surface area contributed by atoms with Crippen molar-refractivity contribution in [3.63, 3.8) is 0 Å². The van der Waals surface area contributed by atoms with Crippen LogP contribution in [0.4, 0.5) is 0 Å². The Labute approximate surface area is 149 Å². The van der Waals surface area contributed by atoms with E-state index in [4.69, 9.17) is 11.6 Å². The maximum Gasteiger partial charge on any atom is 0.0971 e. The lowest BCUT2D eigenvalue weighted by Crippen LogP contribution is -2.06. The Morgan fingerprint density at radius 2 is 1.88 bits per heavy atom. The highest BCUT2D eigenvalue weighted by molar-refractivity contribution is 7.19. The zero-order valence-electron chi connectivity index (χ0n) is 12.8. The average molecular weight is 355 g/mol. The van der Waals surface area contributed by atoms with Crippen LogP contribution in [0.1, 0.15) is 0 Å². The van der Waals surface area contributed by atoms with Crippen LogP contribution in [0.15, 0.2) is 67.5 Å². The van der Waals surface area contributed by atoms with Crippen molar-refractivity contribution in [2.24, 2.45) is 0 Å². The van der Waals surface area contributed by atoms with Crippen molar-refractivity contribution in [3.05, 3.63) is 71.8 Å². The van der Waals surface area contributed by atoms with Gasteiger partial charge in [-0.1, -0.05) is 41.9 Å². The molecule has 0 N–H and O–H groups in total. The molecule has 0 amide bonds. The topological polar surface area (TPSA) is 35.6 Å². The number of thiophene rings is 1. The summed E-state index contributed by atoms with van der Waals surface area (Å²) in [5.41, 5.74) is 3.20. The Kier molecular flexibility index (Phi) is 4.19. The first kappa shape index (κ1) is 15.2. The van der Waals surface area contributed by atoms with Crippen molar-refractivity contribution < 1.29 is 0 Å². The summed E-state index contributed by atoms with van der Waals surface area (Å²) in [6, 6.07) is 14.2. The number of imidazole rings is 2. The van der Waals surface area contributed by atoms with Gasteiger partial charge in [0, 0.05) is 31.0 Å². The van der Waals surface area contributed by atoms with Gasteiger partial charge in [0.15, 0.2) is 0 Å². The molecule has 0 aliphatic carbocycles. The molecule has 0 saturated carbocycles. The van der Waals surface area contributed by atoms with E-state index in [0.29, 0.717) is 0 Å². The summed E-state index contributed by atoms with van der Waals surface area (Å²) in [6.07, 6.45) is 7.50. The molecule has 0 unspecified atom stereocenters. The normalized spacial score (nSPS) is 11.0. The minimum absolute atomic E-state index is 0.784. The molecule has 6 heteroatoms. The molecule has 0 bridgehead atoms. The van der Waals surface area contributed by atoms with Crippen LogP contribution in [0, 0.1) is 0 Å². The molecule has 0 aliphatic heterocycles. The van der Waals surface area contributed by atoms with Gasteiger partial charge in [-0.3, -0.25) is 0 Å². The second-order valence-corrected chi connectivity index (χ2v) is 7.12. The summed E-state index contributed by atoms with van der Waals surface area (Å²) >= 11 is 7.74. The molecule has 0 radical (unpaired) electrons. The molecular formula is C18H15ClN4S. The fourth-order valence-corrected chi connectivity index (χ4v) is 3.81. The van der Waals surface area contributed by atoms with Gasteiger partial charge in [-0.25, -0.2) is 9.97 Å². The van der Waals surface area contributed by atoms with E-state index < -0.39 is 0 Å². The fourth-order valence-electron chi connectivity index (χ4n) is 2.70. The lowest BCUT2D eigenvalue weighted by molar-refractivity contribution is 0.582. The summed E-state index contributed by atoms with van der Waals surface area (Å²) in [4.78, 5) is 9.89. The number of aromatic nitrogens is 4. The van der Waals surface area contributed by atoms with Gasteiger partial charge in [-0.05, 0) is 12.1 Å². The predicted octanol–water partition coefficient (Wildman–Crippen LogP) is 4.83. The third-order valence-corrected chi connectivity index (χ3v) is 5.09. The van der Waals surface area contributed by atoms with Crippen LogP contribution >= 0.6 is 22.9 Å². The number of halogens is 1. The van der Waals surface area contributed by atoms with E-state index in [0.717, 1.165) is 39.3 Å². The van der Waals surface area contributed by atoms with Crippen LogP contribution in [-0.2, 0) is 13.1 Å². The van der Waals surface area contributed by atoms with Crippen molar-refractivity contribution in [1.82, 2.24) is 19.1 Å². The van der Waals surface area contributed by atoms with Gasteiger partial charge in [0.1, 0.15) is 0 Å². The lowest BCUT2D eigenvalue weighted by atomic mass is 10.1.